The van der Waals surface area contributed by atoms with Crippen molar-refractivity contribution in [3.63, 3.8) is 0 Å². The SMILES string of the molecule is CC1(NC=O)CCSCC1.Cc1nc2c(F)cc(O)cn2n1. The molecular weight excluding hydrogens is 307 g/mol. The molecule has 2 aromatic rings. The van der Waals surface area contributed by atoms with Crippen molar-refractivity contribution < 1.29 is 14.3 Å². The van der Waals surface area contributed by atoms with Gasteiger partial charge in [-0.3, -0.25) is 4.79 Å². The van der Waals surface area contributed by atoms with Crippen LogP contribution < -0.4 is 5.32 Å². The smallest absolute Gasteiger partial charge is 0.207 e. The monoisotopic (exact) mass is 326 g/mol. The zero-order valence-corrected chi connectivity index (χ0v) is 13.4. The molecule has 22 heavy (non-hydrogen) atoms. The highest BCUT2D eigenvalue weighted by atomic mass is 32.2. The average molecular weight is 326 g/mol. The number of pyridine rings is 1. The van der Waals surface area contributed by atoms with Crippen molar-refractivity contribution in [2.75, 3.05) is 11.5 Å². The minimum absolute atomic E-state index is 0.0903. The van der Waals surface area contributed by atoms with Gasteiger partial charge in [-0.05, 0) is 38.2 Å². The number of hydrogen-bond acceptors (Lipinski definition) is 5. The molecule has 1 fully saturated rings. The molecule has 3 rings (SSSR count). The fourth-order valence-electron chi connectivity index (χ4n) is 2.15. The van der Waals surface area contributed by atoms with Gasteiger partial charge in [-0.2, -0.15) is 16.9 Å². The van der Waals surface area contributed by atoms with Crippen molar-refractivity contribution in [3.05, 3.63) is 23.9 Å². The molecule has 0 radical (unpaired) electrons. The Morgan fingerprint density at radius 2 is 2.18 bits per heavy atom. The van der Waals surface area contributed by atoms with Gasteiger partial charge in [-0.15, -0.1) is 0 Å². The van der Waals surface area contributed by atoms with Crippen LogP contribution in [-0.4, -0.2) is 43.2 Å². The third kappa shape index (κ3) is 4.09. The summed E-state index contributed by atoms with van der Waals surface area (Å²) < 4.78 is 14.2. The third-order valence-corrected chi connectivity index (χ3v) is 4.47. The lowest BCUT2D eigenvalue weighted by Gasteiger charge is -2.32. The van der Waals surface area contributed by atoms with Crippen LogP contribution in [0, 0.1) is 12.7 Å². The van der Waals surface area contributed by atoms with Gasteiger partial charge < -0.3 is 10.4 Å². The average Bonchev–Trinajstić information content (AvgIpc) is 2.81. The van der Waals surface area contributed by atoms with E-state index in [4.69, 9.17) is 5.11 Å². The molecule has 0 spiro atoms. The molecule has 120 valence electrons. The van der Waals surface area contributed by atoms with Crippen molar-refractivity contribution in [1.82, 2.24) is 19.9 Å². The van der Waals surface area contributed by atoms with E-state index >= 15 is 0 Å². The molecule has 2 aromatic heterocycles. The van der Waals surface area contributed by atoms with Gasteiger partial charge in [0, 0.05) is 11.6 Å². The highest BCUT2D eigenvalue weighted by Crippen LogP contribution is 2.25. The second-order valence-electron chi connectivity index (χ2n) is 5.41. The second kappa shape index (κ2) is 6.95. The Hall–Kier alpha value is -1.83. The maximum atomic E-state index is 13.0. The minimum atomic E-state index is -0.574. The largest absolute Gasteiger partial charge is 0.506 e. The van der Waals surface area contributed by atoms with Gasteiger partial charge in [0.05, 0.1) is 6.20 Å². The number of halogens is 1. The fraction of sp³-hybridized carbons (Fsp3) is 0.500. The number of thioether (sulfide) groups is 1. The summed E-state index contributed by atoms with van der Waals surface area (Å²) in [6.45, 7) is 3.77. The van der Waals surface area contributed by atoms with Crippen LogP contribution in [0.15, 0.2) is 12.3 Å². The van der Waals surface area contributed by atoms with E-state index in [1.165, 1.54) is 22.2 Å². The highest BCUT2D eigenvalue weighted by molar-refractivity contribution is 7.99. The number of carbonyl (C=O) groups excluding carboxylic acids is 1. The molecule has 0 bridgehead atoms. The van der Waals surface area contributed by atoms with Gasteiger partial charge in [0.1, 0.15) is 11.6 Å². The van der Waals surface area contributed by atoms with Crippen molar-refractivity contribution >= 4 is 23.8 Å². The number of hydrogen-bond donors (Lipinski definition) is 2. The fourth-order valence-corrected chi connectivity index (χ4v) is 3.54. The second-order valence-corrected chi connectivity index (χ2v) is 6.63. The van der Waals surface area contributed by atoms with Crippen molar-refractivity contribution in [2.24, 2.45) is 0 Å². The standard InChI is InChI=1S/C7H6FN3O.C7H13NOS/c1-4-9-7-6(8)2-5(12)3-11(7)10-4;1-7(8-6-9)2-4-10-5-3-7/h2-3,12H,1H3;6H,2-5H2,1H3,(H,8,9). The highest BCUT2D eigenvalue weighted by Gasteiger charge is 2.25. The van der Waals surface area contributed by atoms with Crippen LogP contribution in [0.5, 0.6) is 5.75 Å². The van der Waals surface area contributed by atoms with Crippen molar-refractivity contribution in [1.29, 1.82) is 0 Å². The van der Waals surface area contributed by atoms with Gasteiger partial charge in [0.25, 0.3) is 0 Å². The number of rotatable bonds is 2. The maximum Gasteiger partial charge on any atom is 0.207 e. The molecule has 1 amide bonds. The summed E-state index contributed by atoms with van der Waals surface area (Å²) >= 11 is 1.97. The number of nitrogens with one attached hydrogen (secondary N) is 1. The van der Waals surface area contributed by atoms with Crippen LogP contribution in [0.4, 0.5) is 4.39 Å². The Bertz CT molecular complexity index is 656. The van der Waals surface area contributed by atoms with Crippen molar-refractivity contribution in [2.45, 2.75) is 32.2 Å². The first-order chi connectivity index (χ1) is 10.4. The van der Waals surface area contributed by atoms with Crippen LogP contribution in [0.25, 0.3) is 5.65 Å². The van der Waals surface area contributed by atoms with Crippen LogP contribution in [-0.2, 0) is 4.79 Å². The van der Waals surface area contributed by atoms with Gasteiger partial charge in [-0.1, -0.05) is 0 Å². The molecule has 1 saturated heterocycles. The predicted octanol–water partition coefficient (Wildman–Crippen LogP) is 1.90. The predicted molar refractivity (Wildman–Crippen MR) is 83.5 cm³/mol. The summed E-state index contributed by atoms with van der Waals surface area (Å²) in [7, 11) is 0. The number of amides is 1. The van der Waals surface area contributed by atoms with Gasteiger partial charge >= 0.3 is 0 Å². The first-order valence-corrected chi connectivity index (χ1v) is 8.09. The van der Waals surface area contributed by atoms with E-state index in [2.05, 4.69) is 22.3 Å². The summed E-state index contributed by atoms with van der Waals surface area (Å²) in [6.07, 6.45) is 4.33. The summed E-state index contributed by atoms with van der Waals surface area (Å²) in [5.41, 5.74) is 0.220. The third-order valence-electron chi connectivity index (χ3n) is 3.48. The number of aryl methyl sites for hydroxylation is 1. The number of aromatic hydroxyl groups is 1. The van der Waals surface area contributed by atoms with Gasteiger partial charge in [0.15, 0.2) is 11.5 Å². The molecule has 6 nitrogen and oxygen atoms in total. The first kappa shape index (κ1) is 16.5. The van der Waals surface area contributed by atoms with E-state index in [0.717, 1.165) is 25.3 Å². The molecule has 8 heteroatoms. The topological polar surface area (TPSA) is 79.5 Å². The number of nitrogens with zero attached hydrogens (tertiary/aromatic N) is 3. The normalized spacial score (nSPS) is 16.7. The Kier molecular flexibility index (Phi) is 5.23. The Morgan fingerprint density at radius 3 is 2.82 bits per heavy atom. The van der Waals surface area contributed by atoms with E-state index in [9.17, 15) is 9.18 Å². The lowest BCUT2D eigenvalue weighted by Crippen LogP contribution is -2.44. The van der Waals surface area contributed by atoms with E-state index in [1.54, 1.807) is 6.92 Å². The van der Waals surface area contributed by atoms with Crippen LogP contribution >= 0.6 is 11.8 Å². The molecule has 1 aliphatic heterocycles. The molecule has 0 aliphatic carbocycles. The van der Waals surface area contributed by atoms with Gasteiger partial charge in [-0.25, -0.2) is 13.9 Å². The number of fused-ring (bicyclic) bond motifs is 1. The van der Waals surface area contributed by atoms with E-state index in [-0.39, 0.29) is 16.9 Å². The Morgan fingerprint density at radius 1 is 1.50 bits per heavy atom. The minimum Gasteiger partial charge on any atom is -0.506 e. The number of aromatic nitrogens is 3. The Balaban J connectivity index is 0.000000164. The zero-order chi connectivity index (χ0) is 16.2. The molecule has 1 aliphatic rings. The van der Waals surface area contributed by atoms with Crippen LogP contribution in [0.3, 0.4) is 0 Å². The summed E-state index contributed by atoms with van der Waals surface area (Å²) in [4.78, 5) is 14.0. The molecule has 0 unspecified atom stereocenters. The summed E-state index contributed by atoms with van der Waals surface area (Å²) in [6, 6.07) is 1.00. The van der Waals surface area contributed by atoms with Crippen molar-refractivity contribution in [3.8, 4) is 5.75 Å². The van der Waals surface area contributed by atoms with Crippen LogP contribution in [0.1, 0.15) is 25.6 Å². The quantitative estimate of drug-likeness (QED) is 0.824. The lowest BCUT2D eigenvalue weighted by molar-refractivity contribution is -0.111. The lowest BCUT2D eigenvalue weighted by atomic mass is 9.95. The van der Waals surface area contributed by atoms with E-state index in [0.29, 0.717) is 5.82 Å². The molecule has 0 saturated carbocycles. The first-order valence-electron chi connectivity index (χ1n) is 6.94. The molecule has 3 heterocycles. The maximum absolute atomic E-state index is 13.0. The number of carbonyl (C=O) groups is 1. The molecular formula is C14H19FN4O2S. The Labute approximate surface area is 132 Å². The zero-order valence-electron chi connectivity index (χ0n) is 12.5. The summed E-state index contributed by atoms with van der Waals surface area (Å²) in [5, 5.41) is 15.7. The molecule has 2 N–H and O–H groups in total. The van der Waals surface area contributed by atoms with E-state index < -0.39 is 5.82 Å². The molecule has 0 atom stereocenters. The van der Waals surface area contributed by atoms with Crippen LogP contribution in [0.2, 0.25) is 0 Å². The molecule has 0 aromatic carbocycles. The van der Waals surface area contributed by atoms with Gasteiger partial charge in [0.2, 0.25) is 6.41 Å². The van der Waals surface area contributed by atoms with E-state index in [1.807, 2.05) is 11.8 Å². The summed E-state index contributed by atoms with van der Waals surface area (Å²) in [5.74, 6) is 2.09.